The summed E-state index contributed by atoms with van der Waals surface area (Å²) in [5, 5.41) is 0. The molecule has 1 amide bonds. The summed E-state index contributed by atoms with van der Waals surface area (Å²) in [6.45, 7) is 5.14. The number of ether oxygens (including phenoxy) is 3. The number of rotatable bonds is 9. The normalized spacial score (nSPS) is 14.7. The van der Waals surface area contributed by atoms with E-state index in [1.165, 1.54) is 16.7 Å². The zero-order chi connectivity index (χ0) is 24.1. The maximum Gasteiger partial charge on any atom is 0.266 e. The fourth-order valence-corrected chi connectivity index (χ4v) is 4.82. The van der Waals surface area contributed by atoms with Crippen molar-refractivity contribution < 1.29 is 23.4 Å². The maximum absolute atomic E-state index is 12.8. The van der Waals surface area contributed by atoms with Gasteiger partial charge in [-0.2, -0.15) is 0 Å². The second kappa shape index (κ2) is 10.8. The molecular formula is C26H25NO5S2. The molecule has 6 nitrogen and oxygen atoms in total. The van der Waals surface area contributed by atoms with Crippen molar-refractivity contribution in [3.63, 3.8) is 0 Å². The largest absolute Gasteiger partial charge is 0.493 e. The van der Waals surface area contributed by atoms with Gasteiger partial charge in [-0.1, -0.05) is 48.2 Å². The average Bonchev–Trinajstić information content (AvgIpc) is 3.43. The van der Waals surface area contributed by atoms with Crippen molar-refractivity contribution in [1.82, 2.24) is 4.90 Å². The Bertz CT molecular complexity index is 1200. The van der Waals surface area contributed by atoms with Gasteiger partial charge in [-0.05, 0) is 60.9 Å². The Balaban J connectivity index is 1.39. The molecule has 2 heterocycles. The van der Waals surface area contributed by atoms with Crippen molar-refractivity contribution in [2.24, 2.45) is 0 Å². The number of aryl methyl sites for hydroxylation is 2. The number of benzene rings is 2. The highest BCUT2D eigenvalue weighted by atomic mass is 32.2. The molecule has 1 fully saturated rings. The van der Waals surface area contributed by atoms with Gasteiger partial charge in [0.05, 0.1) is 24.8 Å². The van der Waals surface area contributed by atoms with Crippen LogP contribution in [0.3, 0.4) is 0 Å². The van der Waals surface area contributed by atoms with Crippen LogP contribution in [0, 0.1) is 13.8 Å². The number of furan rings is 1. The molecule has 176 valence electrons. The van der Waals surface area contributed by atoms with Crippen molar-refractivity contribution in [3.8, 4) is 17.2 Å². The van der Waals surface area contributed by atoms with Crippen molar-refractivity contribution in [2.75, 3.05) is 20.3 Å². The number of para-hydroxylation sites is 1. The number of hydrogen-bond acceptors (Lipinski definition) is 7. The first-order valence-corrected chi connectivity index (χ1v) is 12.0. The van der Waals surface area contributed by atoms with Crippen molar-refractivity contribution in [1.29, 1.82) is 0 Å². The molecule has 0 spiro atoms. The van der Waals surface area contributed by atoms with Crippen LogP contribution in [-0.4, -0.2) is 35.5 Å². The molecule has 1 aromatic heterocycles. The molecule has 8 heteroatoms. The Morgan fingerprint density at radius 3 is 2.50 bits per heavy atom. The Morgan fingerprint density at radius 2 is 1.79 bits per heavy atom. The summed E-state index contributed by atoms with van der Waals surface area (Å²) in [6, 6.07) is 15.2. The van der Waals surface area contributed by atoms with Crippen LogP contribution in [0.4, 0.5) is 0 Å². The predicted molar refractivity (Wildman–Crippen MR) is 137 cm³/mol. The van der Waals surface area contributed by atoms with Gasteiger partial charge in [0.25, 0.3) is 5.91 Å². The molecule has 4 rings (SSSR count). The van der Waals surface area contributed by atoms with E-state index < -0.39 is 0 Å². The van der Waals surface area contributed by atoms with Crippen molar-refractivity contribution >= 4 is 40.3 Å². The second-order valence-electron chi connectivity index (χ2n) is 7.68. The molecule has 1 aliphatic rings. The van der Waals surface area contributed by atoms with E-state index in [0.29, 0.717) is 46.2 Å². The summed E-state index contributed by atoms with van der Waals surface area (Å²) < 4.78 is 23.1. The molecule has 0 bridgehead atoms. The molecule has 1 saturated heterocycles. The van der Waals surface area contributed by atoms with E-state index in [-0.39, 0.29) is 5.91 Å². The average molecular weight is 496 g/mol. The summed E-state index contributed by atoms with van der Waals surface area (Å²) in [7, 11) is 1.59. The lowest BCUT2D eigenvalue weighted by atomic mass is 10.1. The first kappa shape index (κ1) is 23.9. The first-order valence-electron chi connectivity index (χ1n) is 10.7. The van der Waals surface area contributed by atoms with Gasteiger partial charge in [-0.25, -0.2) is 0 Å². The summed E-state index contributed by atoms with van der Waals surface area (Å²) in [5.41, 5.74) is 3.00. The zero-order valence-electron chi connectivity index (χ0n) is 19.2. The van der Waals surface area contributed by atoms with Crippen molar-refractivity contribution in [3.05, 3.63) is 82.1 Å². The Hall–Kier alpha value is -3.23. The fraction of sp³-hybridized carbons (Fsp3) is 0.231. The minimum Gasteiger partial charge on any atom is -0.493 e. The third kappa shape index (κ3) is 5.46. The minimum atomic E-state index is -0.144. The SMILES string of the molecule is COc1cc(/C=C2\SC(=S)N(Cc3ccco3)C2=O)ccc1OCCOc1c(C)cccc1C. The quantitative estimate of drug-likeness (QED) is 0.212. The molecule has 0 saturated carbocycles. The van der Waals surface area contributed by atoms with Crippen LogP contribution in [-0.2, 0) is 11.3 Å². The van der Waals surface area contributed by atoms with E-state index in [9.17, 15) is 4.79 Å². The Morgan fingerprint density at radius 1 is 1.03 bits per heavy atom. The van der Waals surface area contributed by atoms with Crippen LogP contribution in [0.5, 0.6) is 17.2 Å². The van der Waals surface area contributed by atoms with Gasteiger partial charge in [0.2, 0.25) is 0 Å². The summed E-state index contributed by atoms with van der Waals surface area (Å²) >= 11 is 6.66. The van der Waals surface area contributed by atoms with Crippen LogP contribution in [0.2, 0.25) is 0 Å². The Labute approximate surface area is 208 Å². The maximum atomic E-state index is 12.8. The van der Waals surface area contributed by atoms with Gasteiger partial charge in [0.1, 0.15) is 29.0 Å². The molecule has 3 aromatic rings. The zero-order valence-corrected chi connectivity index (χ0v) is 20.8. The third-order valence-electron chi connectivity index (χ3n) is 5.25. The number of hydrogen-bond donors (Lipinski definition) is 0. The molecule has 0 atom stereocenters. The highest BCUT2D eigenvalue weighted by molar-refractivity contribution is 8.26. The van der Waals surface area contributed by atoms with E-state index in [2.05, 4.69) is 0 Å². The van der Waals surface area contributed by atoms with E-state index in [0.717, 1.165) is 22.4 Å². The minimum absolute atomic E-state index is 0.144. The van der Waals surface area contributed by atoms with Crippen LogP contribution < -0.4 is 14.2 Å². The number of carbonyl (C=O) groups is 1. The topological polar surface area (TPSA) is 61.1 Å². The molecule has 34 heavy (non-hydrogen) atoms. The number of thioether (sulfide) groups is 1. The number of thiocarbonyl (C=S) groups is 1. The molecular weight excluding hydrogens is 470 g/mol. The summed E-state index contributed by atoms with van der Waals surface area (Å²) in [5.74, 6) is 2.61. The smallest absolute Gasteiger partial charge is 0.266 e. The van der Waals surface area contributed by atoms with Gasteiger partial charge in [-0.3, -0.25) is 9.69 Å². The van der Waals surface area contributed by atoms with Gasteiger partial charge in [0.15, 0.2) is 11.5 Å². The Kier molecular flexibility index (Phi) is 7.59. The first-order chi connectivity index (χ1) is 16.5. The highest BCUT2D eigenvalue weighted by Gasteiger charge is 2.32. The number of amides is 1. The number of nitrogens with zero attached hydrogens (tertiary/aromatic N) is 1. The van der Waals surface area contributed by atoms with Crippen LogP contribution in [0.25, 0.3) is 6.08 Å². The standard InChI is InChI=1S/C26H25NO5S2/c1-17-6-4-7-18(2)24(17)32-13-12-31-21-10-9-19(14-22(21)29-3)15-23-25(28)27(26(33)34-23)16-20-8-5-11-30-20/h4-11,14-15H,12-13,16H2,1-3H3/b23-15-. The fourth-order valence-electron chi connectivity index (χ4n) is 3.56. The molecule has 0 N–H and O–H groups in total. The highest BCUT2D eigenvalue weighted by Crippen LogP contribution is 2.35. The van der Waals surface area contributed by atoms with Crippen LogP contribution >= 0.6 is 24.0 Å². The van der Waals surface area contributed by atoms with Crippen LogP contribution in [0.1, 0.15) is 22.5 Å². The summed E-state index contributed by atoms with van der Waals surface area (Å²) in [4.78, 5) is 14.9. The summed E-state index contributed by atoms with van der Waals surface area (Å²) in [6.07, 6.45) is 3.38. The van der Waals surface area contributed by atoms with Crippen molar-refractivity contribution in [2.45, 2.75) is 20.4 Å². The number of methoxy groups -OCH3 is 1. The second-order valence-corrected chi connectivity index (χ2v) is 9.35. The molecule has 1 aliphatic heterocycles. The lowest BCUT2D eigenvalue weighted by Gasteiger charge is -2.14. The van der Waals surface area contributed by atoms with E-state index in [1.807, 2.05) is 56.3 Å². The molecule has 0 radical (unpaired) electrons. The predicted octanol–water partition coefficient (Wildman–Crippen LogP) is 5.76. The van der Waals surface area contributed by atoms with Gasteiger partial charge >= 0.3 is 0 Å². The van der Waals surface area contributed by atoms with Gasteiger partial charge < -0.3 is 18.6 Å². The lowest BCUT2D eigenvalue weighted by molar-refractivity contribution is -0.122. The van der Waals surface area contributed by atoms with Gasteiger partial charge in [-0.15, -0.1) is 0 Å². The third-order valence-corrected chi connectivity index (χ3v) is 6.63. The van der Waals surface area contributed by atoms with E-state index in [1.54, 1.807) is 25.5 Å². The lowest BCUT2D eigenvalue weighted by Crippen LogP contribution is -2.27. The monoisotopic (exact) mass is 495 g/mol. The molecule has 0 unspecified atom stereocenters. The van der Waals surface area contributed by atoms with E-state index >= 15 is 0 Å². The number of carbonyl (C=O) groups excluding carboxylic acids is 1. The van der Waals surface area contributed by atoms with E-state index in [4.69, 9.17) is 30.8 Å². The van der Waals surface area contributed by atoms with Gasteiger partial charge in [0, 0.05) is 0 Å². The molecule has 2 aromatic carbocycles. The molecule has 0 aliphatic carbocycles. The van der Waals surface area contributed by atoms with Crippen LogP contribution in [0.15, 0.2) is 64.1 Å².